The van der Waals surface area contributed by atoms with Crippen molar-refractivity contribution in [2.24, 2.45) is 0 Å². The molecule has 1 aliphatic heterocycles. The van der Waals surface area contributed by atoms with Crippen molar-refractivity contribution in [2.75, 3.05) is 25.4 Å². The molecule has 3 heterocycles. The lowest BCUT2D eigenvalue weighted by Crippen LogP contribution is -3.13. The van der Waals surface area contributed by atoms with Gasteiger partial charge in [0.05, 0.1) is 12.9 Å². The topological polar surface area (TPSA) is 65.7 Å². The van der Waals surface area contributed by atoms with E-state index in [1.807, 2.05) is 0 Å². The highest BCUT2D eigenvalue weighted by molar-refractivity contribution is 7.99. The van der Waals surface area contributed by atoms with Crippen LogP contribution in [0.5, 0.6) is 0 Å². The van der Waals surface area contributed by atoms with Gasteiger partial charge < -0.3 is 18.5 Å². The highest BCUT2D eigenvalue weighted by Crippen LogP contribution is 2.24. The standard InChI is InChI=1S/C18H19N3O3S/c1-2-5-14(6-3-1)11-21-8-10-22-15(12-21)13-25-18-20-19-17(24-18)16-7-4-9-23-16/h1-7,9,15H,8,10-13H2/p+1/t15-/m0/s1. The Kier molecular flexibility index (Phi) is 5.15. The third-order valence-corrected chi connectivity index (χ3v) is 5.10. The van der Waals surface area contributed by atoms with Crippen molar-refractivity contribution in [1.82, 2.24) is 10.2 Å². The Labute approximate surface area is 150 Å². The Morgan fingerprint density at radius 1 is 1.12 bits per heavy atom. The first kappa shape index (κ1) is 16.4. The summed E-state index contributed by atoms with van der Waals surface area (Å²) in [5.74, 6) is 1.80. The third-order valence-electron chi connectivity index (χ3n) is 4.15. The Bertz CT molecular complexity index is 776. The third kappa shape index (κ3) is 4.31. The average Bonchev–Trinajstić information content (AvgIpc) is 3.33. The van der Waals surface area contributed by atoms with Crippen LogP contribution in [0.1, 0.15) is 5.56 Å². The fraction of sp³-hybridized carbons (Fsp3) is 0.333. The quantitative estimate of drug-likeness (QED) is 0.679. The van der Waals surface area contributed by atoms with Crippen LogP contribution in [0.15, 0.2) is 62.8 Å². The summed E-state index contributed by atoms with van der Waals surface area (Å²) in [5.41, 5.74) is 1.37. The molecule has 1 aliphatic rings. The molecule has 25 heavy (non-hydrogen) atoms. The van der Waals surface area contributed by atoms with Crippen LogP contribution >= 0.6 is 11.8 Å². The molecule has 1 saturated heterocycles. The van der Waals surface area contributed by atoms with Crippen LogP contribution < -0.4 is 4.90 Å². The van der Waals surface area contributed by atoms with E-state index < -0.39 is 0 Å². The van der Waals surface area contributed by atoms with Gasteiger partial charge in [0.15, 0.2) is 5.76 Å². The van der Waals surface area contributed by atoms with Crippen LogP contribution in [0.4, 0.5) is 0 Å². The maximum absolute atomic E-state index is 5.90. The predicted molar refractivity (Wildman–Crippen MR) is 93.3 cm³/mol. The summed E-state index contributed by atoms with van der Waals surface area (Å²) in [6.45, 7) is 3.85. The molecule has 0 saturated carbocycles. The fourth-order valence-electron chi connectivity index (χ4n) is 2.94. The zero-order valence-corrected chi connectivity index (χ0v) is 14.6. The van der Waals surface area contributed by atoms with E-state index in [1.54, 1.807) is 23.3 Å². The van der Waals surface area contributed by atoms with Gasteiger partial charge in [-0.25, -0.2) is 0 Å². The lowest BCUT2D eigenvalue weighted by Gasteiger charge is -2.29. The zero-order valence-electron chi connectivity index (χ0n) is 13.8. The van der Waals surface area contributed by atoms with Crippen LogP contribution in [-0.4, -0.2) is 41.8 Å². The summed E-state index contributed by atoms with van der Waals surface area (Å²) in [4.78, 5) is 1.55. The highest BCUT2D eigenvalue weighted by Gasteiger charge is 2.25. The largest absolute Gasteiger partial charge is 0.459 e. The van der Waals surface area contributed by atoms with Gasteiger partial charge in [-0.15, -0.1) is 10.2 Å². The molecule has 4 rings (SSSR count). The minimum Gasteiger partial charge on any atom is -0.459 e. The normalized spacial score (nSPS) is 20.6. The zero-order chi connectivity index (χ0) is 16.9. The SMILES string of the molecule is c1ccc(C[NH+]2CCO[C@H](CSc3nnc(-c4ccco4)o3)C2)cc1. The molecule has 130 valence electrons. The van der Waals surface area contributed by atoms with Crippen LogP contribution in [0.25, 0.3) is 11.7 Å². The number of nitrogens with zero attached hydrogens (tertiary/aromatic N) is 2. The molecule has 3 aromatic rings. The van der Waals surface area contributed by atoms with E-state index in [1.165, 1.54) is 17.3 Å². The Balaban J connectivity index is 1.29. The first-order valence-corrected chi connectivity index (χ1v) is 9.34. The van der Waals surface area contributed by atoms with E-state index in [9.17, 15) is 0 Å². The number of morpholine rings is 1. The molecule has 0 aliphatic carbocycles. The smallest absolute Gasteiger partial charge is 0.284 e. The van der Waals surface area contributed by atoms with Gasteiger partial charge in [0.25, 0.3) is 11.1 Å². The van der Waals surface area contributed by atoms with E-state index in [0.29, 0.717) is 16.9 Å². The molecule has 0 amide bonds. The Morgan fingerprint density at radius 3 is 2.88 bits per heavy atom. The van der Waals surface area contributed by atoms with Crippen molar-refractivity contribution in [3.63, 3.8) is 0 Å². The molecule has 1 N–H and O–H groups in total. The molecular weight excluding hydrogens is 338 g/mol. The van der Waals surface area contributed by atoms with Crippen molar-refractivity contribution in [3.8, 4) is 11.7 Å². The van der Waals surface area contributed by atoms with E-state index in [0.717, 1.165) is 32.0 Å². The van der Waals surface area contributed by atoms with E-state index in [-0.39, 0.29) is 6.10 Å². The van der Waals surface area contributed by atoms with E-state index in [2.05, 4.69) is 40.5 Å². The number of nitrogens with one attached hydrogen (secondary N) is 1. The minimum absolute atomic E-state index is 0.191. The molecule has 1 unspecified atom stereocenters. The first-order chi connectivity index (χ1) is 12.4. The molecular formula is C18H20N3O3S+. The number of ether oxygens (including phenoxy) is 1. The van der Waals surface area contributed by atoms with Crippen molar-refractivity contribution in [1.29, 1.82) is 0 Å². The molecule has 2 atom stereocenters. The fourth-order valence-corrected chi connectivity index (χ4v) is 3.72. The lowest BCUT2D eigenvalue weighted by molar-refractivity contribution is -0.924. The predicted octanol–water partition coefficient (Wildman–Crippen LogP) is 1.91. The van der Waals surface area contributed by atoms with Gasteiger partial charge in [0.1, 0.15) is 25.7 Å². The van der Waals surface area contributed by atoms with Gasteiger partial charge in [-0.05, 0) is 12.1 Å². The van der Waals surface area contributed by atoms with Crippen LogP contribution in [0, 0.1) is 0 Å². The maximum atomic E-state index is 5.90. The second kappa shape index (κ2) is 7.86. The van der Waals surface area contributed by atoms with Crippen molar-refractivity contribution in [3.05, 3.63) is 54.3 Å². The molecule has 1 fully saturated rings. The maximum Gasteiger partial charge on any atom is 0.284 e. The second-order valence-electron chi connectivity index (χ2n) is 6.02. The van der Waals surface area contributed by atoms with Gasteiger partial charge in [0.2, 0.25) is 0 Å². The molecule has 2 aromatic heterocycles. The minimum atomic E-state index is 0.191. The number of aromatic nitrogens is 2. The number of furan rings is 1. The number of rotatable bonds is 6. The van der Waals surface area contributed by atoms with E-state index >= 15 is 0 Å². The number of quaternary nitrogens is 1. The number of hydrogen-bond acceptors (Lipinski definition) is 6. The Morgan fingerprint density at radius 2 is 2.04 bits per heavy atom. The van der Waals surface area contributed by atoms with Crippen molar-refractivity contribution in [2.45, 2.75) is 17.9 Å². The molecule has 0 spiro atoms. The molecule has 1 aromatic carbocycles. The monoisotopic (exact) mass is 358 g/mol. The molecule has 7 heteroatoms. The summed E-state index contributed by atoms with van der Waals surface area (Å²) < 4.78 is 16.8. The van der Waals surface area contributed by atoms with Gasteiger partial charge in [0, 0.05) is 11.3 Å². The van der Waals surface area contributed by atoms with Gasteiger partial charge in [-0.3, -0.25) is 0 Å². The molecule has 0 radical (unpaired) electrons. The highest BCUT2D eigenvalue weighted by atomic mass is 32.2. The van der Waals surface area contributed by atoms with Crippen molar-refractivity contribution >= 4 is 11.8 Å². The molecule has 0 bridgehead atoms. The average molecular weight is 358 g/mol. The van der Waals surface area contributed by atoms with Gasteiger partial charge in [-0.1, -0.05) is 42.1 Å². The molecule has 6 nitrogen and oxygen atoms in total. The first-order valence-electron chi connectivity index (χ1n) is 8.36. The van der Waals surface area contributed by atoms with Crippen LogP contribution in [0.2, 0.25) is 0 Å². The van der Waals surface area contributed by atoms with Crippen molar-refractivity contribution < 1.29 is 18.5 Å². The van der Waals surface area contributed by atoms with Gasteiger partial charge >= 0.3 is 0 Å². The van der Waals surface area contributed by atoms with Crippen LogP contribution in [0.3, 0.4) is 0 Å². The number of benzene rings is 1. The Hall–Kier alpha value is -2.09. The summed E-state index contributed by atoms with van der Waals surface area (Å²) in [5, 5.41) is 8.63. The van der Waals surface area contributed by atoms with Gasteiger partial charge in [-0.2, -0.15) is 0 Å². The summed E-state index contributed by atoms with van der Waals surface area (Å²) in [7, 11) is 0. The van der Waals surface area contributed by atoms with Crippen LogP contribution in [-0.2, 0) is 11.3 Å². The summed E-state index contributed by atoms with van der Waals surface area (Å²) in [6, 6.07) is 14.2. The lowest BCUT2D eigenvalue weighted by atomic mass is 10.2. The summed E-state index contributed by atoms with van der Waals surface area (Å²) >= 11 is 1.53. The van der Waals surface area contributed by atoms with E-state index in [4.69, 9.17) is 13.6 Å². The second-order valence-corrected chi connectivity index (χ2v) is 6.99. The number of hydrogen-bond donors (Lipinski definition) is 1. The number of thioether (sulfide) groups is 1. The summed E-state index contributed by atoms with van der Waals surface area (Å²) in [6.07, 6.45) is 1.78.